The number of carbonyl (C=O) groups excluding carboxylic acids is 2. The van der Waals surface area contributed by atoms with Crippen LogP contribution in [0.25, 0.3) is 0 Å². The molecule has 0 aliphatic carbocycles. The van der Waals surface area contributed by atoms with Gasteiger partial charge in [-0.15, -0.1) is 0 Å². The van der Waals surface area contributed by atoms with Crippen molar-refractivity contribution < 1.29 is 26.8 Å². The highest BCUT2D eigenvalue weighted by atomic mass is 32.2. The van der Waals surface area contributed by atoms with E-state index in [4.69, 9.17) is 0 Å². The lowest BCUT2D eigenvalue weighted by molar-refractivity contribution is -0.158. The second-order valence-corrected chi connectivity index (χ2v) is 9.86. The number of halogens is 2. The van der Waals surface area contributed by atoms with Gasteiger partial charge >= 0.3 is 11.8 Å². The van der Waals surface area contributed by atoms with Crippen LogP contribution in [0.4, 0.5) is 8.78 Å². The summed E-state index contributed by atoms with van der Waals surface area (Å²) in [5.74, 6) is -3.47. The minimum atomic E-state index is -3.98. The molecular formula is C22H23F2N3O4S. The summed E-state index contributed by atoms with van der Waals surface area (Å²) < 4.78 is 53.4. The minimum absolute atomic E-state index is 0.123. The van der Waals surface area contributed by atoms with Gasteiger partial charge in [0.05, 0.1) is 4.90 Å². The van der Waals surface area contributed by atoms with Crippen molar-refractivity contribution in [2.24, 2.45) is 0 Å². The number of hydrogen-bond acceptors (Lipinski definition) is 4. The van der Waals surface area contributed by atoms with Crippen molar-refractivity contribution >= 4 is 21.8 Å². The van der Waals surface area contributed by atoms with Gasteiger partial charge in [-0.25, -0.2) is 17.2 Å². The molecule has 2 amide bonds. The predicted molar refractivity (Wildman–Crippen MR) is 112 cm³/mol. The van der Waals surface area contributed by atoms with Gasteiger partial charge in [0.25, 0.3) is 0 Å². The van der Waals surface area contributed by atoms with Crippen LogP contribution in [0.3, 0.4) is 0 Å². The Labute approximate surface area is 185 Å². The molecule has 0 bridgehead atoms. The molecule has 0 unspecified atom stereocenters. The number of carbonyl (C=O) groups is 2. The van der Waals surface area contributed by atoms with Crippen molar-refractivity contribution in [1.29, 1.82) is 0 Å². The molecule has 2 fully saturated rings. The highest BCUT2D eigenvalue weighted by Crippen LogP contribution is 2.25. The van der Waals surface area contributed by atoms with Gasteiger partial charge in [-0.05, 0) is 36.6 Å². The molecule has 0 atom stereocenters. The van der Waals surface area contributed by atoms with E-state index in [9.17, 15) is 26.8 Å². The van der Waals surface area contributed by atoms with E-state index >= 15 is 0 Å². The normalized spacial score (nSPS) is 18.9. The summed E-state index contributed by atoms with van der Waals surface area (Å²) in [4.78, 5) is 28.1. The Balaban J connectivity index is 1.37. The maximum absolute atomic E-state index is 13.5. The second-order valence-electron chi connectivity index (χ2n) is 7.92. The van der Waals surface area contributed by atoms with Crippen LogP contribution in [-0.4, -0.2) is 66.6 Å². The van der Waals surface area contributed by atoms with E-state index < -0.39 is 33.5 Å². The smallest absolute Gasteiger partial charge is 0.312 e. The molecule has 0 N–H and O–H groups in total. The standard InChI is InChI=1S/C22H23F2N3O4S/c23-19-7-6-18(14-20(19)24)32(30,31)26-10-8-17(9-11-26)27-13-12-25(21(28)22(27)29)15-16-4-2-1-3-5-16/h1-7,14,17H,8-13,15H2. The molecule has 2 aliphatic rings. The Kier molecular flexibility index (Phi) is 6.25. The lowest BCUT2D eigenvalue weighted by atomic mass is 10.0. The van der Waals surface area contributed by atoms with Crippen LogP contribution in [0.15, 0.2) is 53.4 Å². The Morgan fingerprint density at radius 3 is 2.19 bits per heavy atom. The third-order valence-corrected chi connectivity index (χ3v) is 7.85. The molecular weight excluding hydrogens is 440 g/mol. The molecule has 32 heavy (non-hydrogen) atoms. The van der Waals surface area contributed by atoms with Gasteiger partial charge in [0.1, 0.15) is 0 Å². The molecule has 4 rings (SSSR count). The topological polar surface area (TPSA) is 78.0 Å². The van der Waals surface area contributed by atoms with Gasteiger partial charge in [-0.3, -0.25) is 9.59 Å². The van der Waals surface area contributed by atoms with Gasteiger partial charge in [0, 0.05) is 38.8 Å². The summed E-state index contributed by atoms with van der Waals surface area (Å²) in [6, 6.07) is 11.7. The van der Waals surface area contributed by atoms with E-state index in [2.05, 4.69) is 0 Å². The Hall–Kier alpha value is -2.85. The number of nitrogens with zero attached hydrogens (tertiary/aromatic N) is 3. The van der Waals surface area contributed by atoms with E-state index in [-0.39, 0.29) is 24.0 Å². The molecule has 2 saturated heterocycles. The van der Waals surface area contributed by atoms with Gasteiger partial charge in [0.2, 0.25) is 10.0 Å². The summed E-state index contributed by atoms with van der Waals surface area (Å²) in [6.45, 7) is 1.41. The van der Waals surface area contributed by atoms with Crippen LogP contribution < -0.4 is 0 Å². The number of rotatable bonds is 5. The van der Waals surface area contributed by atoms with Gasteiger partial charge in [0.15, 0.2) is 11.6 Å². The number of amides is 2. The lowest BCUT2D eigenvalue weighted by Gasteiger charge is -2.41. The van der Waals surface area contributed by atoms with Crippen LogP contribution in [0.1, 0.15) is 18.4 Å². The first kappa shape index (κ1) is 22.3. The molecule has 2 aromatic rings. The molecule has 0 saturated carbocycles. The maximum Gasteiger partial charge on any atom is 0.312 e. The van der Waals surface area contributed by atoms with Crippen molar-refractivity contribution in [3.63, 3.8) is 0 Å². The SMILES string of the molecule is O=C1C(=O)N(C2CCN(S(=O)(=O)c3ccc(F)c(F)c3)CC2)CCN1Cc1ccccc1. The fraction of sp³-hybridized carbons (Fsp3) is 0.364. The highest BCUT2D eigenvalue weighted by Gasteiger charge is 2.39. The molecule has 7 nitrogen and oxygen atoms in total. The van der Waals surface area contributed by atoms with Gasteiger partial charge in [-0.1, -0.05) is 30.3 Å². The van der Waals surface area contributed by atoms with E-state index in [1.165, 1.54) is 14.1 Å². The minimum Gasteiger partial charge on any atom is -0.330 e. The number of benzene rings is 2. The molecule has 0 radical (unpaired) electrons. The van der Waals surface area contributed by atoms with Crippen molar-refractivity contribution in [2.75, 3.05) is 26.2 Å². The molecule has 2 heterocycles. The van der Waals surface area contributed by atoms with Crippen LogP contribution in [0.5, 0.6) is 0 Å². The Bertz CT molecular complexity index is 1120. The second kappa shape index (κ2) is 8.95. The maximum atomic E-state index is 13.5. The largest absolute Gasteiger partial charge is 0.330 e. The fourth-order valence-corrected chi connectivity index (χ4v) is 5.66. The number of piperidine rings is 1. The number of hydrogen-bond donors (Lipinski definition) is 0. The van der Waals surface area contributed by atoms with E-state index in [1.807, 2.05) is 30.3 Å². The molecule has 170 valence electrons. The third kappa shape index (κ3) is 4.37. The highest BCUT2D eigenvalue weighted by molar-refractivity contribution is 7.89. The van der Waals surface area contributed by atoms with Gasteiger partial charge in [-0.2, -0.15) is 4.31 Å². The quantitative estimate of drug-likeness (QED) is 0.636. The molecule has 0 spiro atoms. The van der Waals surface area contributed by atoms with Crippen LogP contribution in [0, 0.1) is 11.6 Å². The Morgan fingerprint density at radius 1 is 0.844 bits per heavy atom. The Morgan fingerprint density at radius 2 is 1.53 bits per heavy atom. The van der Waals surface area contributed by atoms with Crippen LogP contribution in [0.2, 0.25) is 0 Å². The zero-order valence-corrected chi connectivity index (χ0v) is 18.1. The summed E-state index contributed by atoms with van der Waals surface area (Å²) in [6.07, 6.45) is 0.723. The lowest BCUT2D eigenvalue weighted by Crippen LogP contribution is -2.58. The summed E-state index contributed by atoms with van der Waals surface area (Å²) in [5, 5.41) is 0. The first-order chi connectivity index (χ1) is 15.3. The molecule has 2 aromatic carbocycles. The van der Waals surface area contributed by atoms with Crippen LogP contribution >= 0.6 is 0 Å². The summed E-state index contributed by atoms with van der Waals surface area (Å²) in [7, 11) is -3.98. The third-order valence-electron chi connectivity index (χ3n) is 5.95. The van der Waals surface area contributed by atoms with Crippen molar-refractivity contribution in [1.82, 2.24) is 14.1 Å². The molecule has 10 heteroatoms. The summed E-state index contributed by atoms with van der Waals surface area (Å²) in [5.41, 5.74) is 0.942. The summed E-state index contributed by atoms with van der Waals surface area (Å²) >= 11 is 0. The van der Waals surface area contributed by atoms with Gasteiger partial charge < -0.3 is 9.80 Å². The number of sulfonamides is 1. The van der Waals surface area contributed by atoms with Crippen molar-refractivity contribution in [3.8, 4) is 0 Å². The zero-order chi connectivity index (χ0) is 22.9. The first-order valence-electron chi connectivity index (χ1n) is 10.4. The molecule has 0 aromatic heterocycles. The average molecular weight is 464 g/mol. The van der Waals surface area contributed by atoms with Crippen molar-refractivity contribution in [2.45, 2.75) is 30.3 Å². The van der Waals surface area contributed by atoms with E-state index in [1.54, 1.807) is 0 Å². The monoisotopic (exact) mass is 463 g/mol. The molecule has 2 aliphatic heterocycles. The van der Waals surface area contributed by atoms with Crippen molar-refractivity contribution in [3.05, 3.63) is 65.7 Å². The van der Waals surface area contributed by atoms with Crippen LogP contribution in [-0.2, 0) is 26.2 Å². The fourth-order valence-electron chi connectivity index (χ4n) is 4.17. The zero-order valence-electron chi connectivity index (χ0n) is 17.3. The number of piperazine rings is 1. The average Bonchev–Trinajstić information content (AvgIpc) is 2.79. The van der Waals surface area contributed by atoms with E-state index in [0.29, 0.717) is 38.5 Å². The predicted octanol–water partition coefficient (Wildman–Crippen LogP) is 1.99. The first-order valence-corrected chi connectivity index (χ1v) is 11.8. The van der Waals surface area contributed by atoms with E-state index in [0.717, 1.165) is 17.7 Å².